The maximum atomic E-state index is 11.7. The second-order valence-corrected chi connectivity index (χ2v) is 5.70. The summed E-state index contributed by atoms with van der Waals surface area (Å²) in [7, 11) is 0. The van der Waals surface area contributed by atoms with E-state index in [4.69, 9.17) is 21.1 Å². The van der Waals surface area contributed by atoms with Crippen LogP contribution in [-0.4, -0.2) is 46.8 Å². The van der Waals surface area contributed by atoms with Gasteiger partial charge in [-0.2, -0.15) is 0 Å². The number of rotatable bonds is 3. The molecule has 23 heavy (non-hydrogen) atoms. The molecule has 7 heteroatoms. The van der Waals surface area contributed by atoms with E-state index >= 15 is 0 Å². The predicted molar refractivity (Wildman–Crippen MR) is 86.8 cm³/mol. The number of ether oxygens (including phenoxy) is 2. The SMILES string of the molecule is CCOC(=O)N1CCC(Oc2ccc3ncnc(Cl)c3c2)CC1. The molecule has 2 heterocycles. The fraction of sp³-hybridized carbons (Fsp3) is 0.438. The summed E-state index contributed by atoms with van der Waals surface area (Å²) in [6.07, 6.45) is 2.81. The topological polar surface area (TPSA) is 64.5 Å². The molecule has 122 valence electrons. The zero-order valence-electron chi connectivity index (χ0n) is 12.9. The van der Waals surface area contributed by atoms with Crippen LogP contribution in [0.5, 0.6) is 5.75 Å². The molecule has 0 aliphatic carbocycles. The molecule has 6 nitrogen and oxygen atoms in total. The van der Waals surface area contributed by atoms with E-state index in [9.17, 15) is 4.79 Å². The number of aromatic nitrogens is 2. The fourth-order valence-electron chi connectivity index (χ4n) is 2.64. The van der Waals surface area contributed by atoms with Gasteiger partial charge in [0.25, 0.3) is 0 Å². The van der Waals surface area contributed by atoms with Crippen LogP contribution in [0.25, 0.3) is 10.9 Å². The number of piperidine rings is 1. The summed E-state index contributed by atoms with van der Waals surface area (Å²) in [5, 5.41) is 1.19. The number of hydrogen-bond acceptors (Lipinski definition) is 5. The Kier molecular flexibility index (Phi) is 4.81. The molecule has 1 fully saturated rings. The second-order valence-electron chi connectivity index (χ2n) is 5.35. The Morgan fingerprint density at radius 3 is 2.87 bits per heavy atom. The molecule has 1 amide bonds. The molecule has 0 atom stereocenters. The quantitative estimate of drug-likeness (QED) is 0.805. The maximum absolute atomic E-state index is 11.7. The van der Waals surface area contributed by atoms with E-state index in [0.29, 0.717) is 24.8 Å². The van der Waals surface area contributed by atoms with Crippen LogP contribution >= 0.6 is 11.6 Å². The minimum atomic E-state index is -0.249. The van der Waals surface area contributed by atoms with Gasteiger partial charge in [0.15, 0.2) is 0 Å². The molecule has 3 rings (SSSR count). The Hall–Kier alpha value is -2.08. The molecule has 1 aliphatic rings. The normalized spacial score (nSPS) is 15.7. The summed E-state index contributed by atoms with van der Waals surface area (Å²) in [6.45, 7) is 3.49. The van der Waals surface area contributed by atoms with Gasteiger partial charge in [-0.25, -0.2) is 14.8 Å². The van der Waals surface area contributed by atoms with E-state index < -0.39 is 0 Å². The molecule has 0 N–H and O–H groups in total. The lowest BCUT2D eigenvalue weighted by atomic mass is 10.1. The summed E-state index contributed by atoms with van der Waals surface area (Å²) in [6, 6.07) is 5.60. The van der Waals surface area contributed by atoms with Crippen molar-refractivity contribution in [1.82, 2.24) is 14.9 Å². The number of nitrogens with zero attached hydrogens (tertiary/aromatic N) is 3. The van der Waals surface area contributed by atoms with Crippen molar-refractivity contribution in [2.45, 2.75) is 25.9 Å². The summed E-state index contributed by atoms with van der Waals surface area (Å²) in [4.78, 5) is 21.5. The number of halogens is 1. The van der Waals surface area contributed by atoms with Crippen molar-refractivity contribution in [2.75, 3.05) is 19.7 Å². The Bertz CT molecular complexity index is 702. The average molecular weight is 336 g/mol. The molecule has 1 saturated heterocycles. The van der Waals surface area contributed by atoms with Crippen LogP contribution in [0.4, 0.5) is 4.79 Å². The van der Waals surface area contributed by atoms with Gasteiger partial charge in [-0.3, -0.25) is 0 Å². The van der Waals surface area contributed by atoms with E-state index in [2.05, 4.69) is 9.97 Å². The van der Waals surface area contributed by atoms with E-state index in [1.54, 1.807) is 4.90 Å². The molecule has 2 aromatic rings. The number of hydrogen-bond donors (Lipinski definition) is 0. The lowest BCUT2D eigenvalue weighted by Gasteiger charge is -2.31. The minimum absolute atomic E-state index is 0.0709. The highest BCUT2D eigenvalue weighted by molar-refractivity contribution is 6.34. The average Bonchev–Trinajstić information content (AvgIpc) is 2.56. The van der Waals surface area contributed by atoms with Crippen LogP contribution in [0.2, 0.25) is 5.15 Å². The summed E-state index contributed by atoms with van der Waals surface area (Å²) < 4.78 is 11.0. The van der Waals surface area contributed by atoms with Gasteiger partial charge in [0, 0.05) is 31.3 Å². The van der Waals surface area contributed by atoms with Gasteiger partial charge in [0.1, 0.15) is 23.3 Å². The van der Waals surface area contributed by atoms with Crippen LogP contribution in [0, 0.1) is 0 Å². The molecule has 0 spiro atoms. The largest absolute Gasteiger partial charge is 0.490 e. The van der Waals surface area contributed by atoms with Crippen molar-refractivity contribution in [3.63, 3.8) is 0 Å². The van der Waals surface area contributed by atoms with E-state index in [0.717, 1.165) is 29.5 Å². The fourth-order valence-corrected chi connectivity index (χ4v) is 2.84. The van der Waals surface area contributed by atoms with Crippen molar-refractivity contribution in [3.05, 3.63) is 29.7 Å². The molecule has 0 bridgehead atoms. The van der Waals surface area contributed by atoms with Crippen LogP contribution in [0.1, 0.15) is 19.8 Å². The van der Waals surface area contributed by atoms with E-state index in [1.165, 1.54) is 6.33 Å². The number of fused-ring (bicyclic) bond motifs is 1. The molecule has 1 aliphatic heterocycles. The van der Waals surface area contributed by atoms with Gasteiger partial charge in [-0.05, 0) is 25.1 Å². The number of likely N-dealkylation sites (tertiary alicyclic amines) is 1. The van der Waals surface area contributed by atoms with Gasteiger partial charge < -0.3 is 14.4 Å². The molecule has 1 aromatic carbocycles. The van der Waals surface area contributed by atoms with Crippen LogP contribution < -0.4 is 4.74 Å². The molecular weight excluding hydrogens is 318 g/mol. The number of carbonyl (C=O) groups excluding carboxylic acids is 1. The van der Waals surface area contributed by atoms with Crippen molar-refractivity contribution in [2.24, 2.45) is 0 Å². The lowest BCUT2D eigenvalue weighted by molar-refractivity contribution is 0.0704. The first-order valence-corrected chi connectivity index (χ1v) is 8.04. The van der Waals surface area contributed by atoms with Crippen molar-refractivity contribution < 1.29 is 14.3 Å². The standard InChI is InChI=1S/C16H18ClN3O3/c1-2-22-16(21)20-7-5-11(6-8-20)23-12-3-4-14-13(9-12)15(17)19-10-18-14/h3-4,9-11H,2,5-8H2,1H3. The van der Waals surface area contributed by atoms with Gasteiger partial charge >= 0.3 is 6.09 Å². The van der Waals surface area contributed by atoms with Crippen molar-refractivity contribution in [3.8, 4) is 5.75 Å². The monoisotopic (exact) mass is 335 g/mol. The smallest absolute Gasteiger partial charge is 0.409 e. The van der Waals surface area contributed by atoms with Crippen LogP contribution in [0.15, 0.2) is 24.5 Å². The van der Waals surface area contributed by atoms with E-state index in [1.807, 2.05) is 25.1 Å². The highest BCUT2D eigenvalue weighted by atomic mass is 35.5. The van der Waals surface area contributed by atoms with Crippen molar-refractivity contribution >= 4 is 28.6 Å². The molecular formula is C16H18ClN3O3. The lowest BCUT2D eigenvalue weighted by Crippen LogP contribution is -2.42. The summed E-state index contributed by atoms with van der Waals surface area (Å²) >= 11 is 6.09. The van der Waals surface area contributed by atoms with Crippen molar-refractivity contribution in [1.29, 1.82) is 0 Å². The highest BCUT2D eigenvalue weighted by Crippen LogP contribution is 2.26. The van der Waals surface area contributed by atoms with Gasteiger partial charge in [0.05, 0.1) is 12.1 Å². The van der Waals surface area contributed by atoms with Gasteiger partial charge in [0.2, 0.25) is 0 Å². The third kappa shape index (κ3) is 3.64. The van der Waals surface area contributed by atoms with Crippen LogP contribution in [0.3, 0.4) is 0 Å². The third-order valence-corrected chi connectivity index (χ3v) is 4.13. The Morgan fingerprint density at radius 2 is 2.13 bits per heavy atom. The van der Waals surface area contributed by atoms with Gasteiger partial charge in [-0.15, -0.1) is 0 Å². The zero-order valence-corrected chi connectivity index (χ0v) is 13.6. The number of amides is 1. The van der Waals surface area contributed by atoms with E-state index in [-0.39, 0.29) is 12.2 Å². The predicted octanol–water partition coefficient (Wildman–Crippen LogP) is 3.28. The summed E-state index contributed by atoms with van der Waals surface area (Å²) in [5.41, 5.74) is 0.787. The molecule has 0 saturated carbocycles. The third-order valence-electron chi connectivity index (χ3n) is 3.83. The molecule has 0 unspecified atom stereocenters. The number of carbonyl (C=O) groups is 1. The Labute approximate surface area is 139 Å². The Morgan fingerprint density at radius 1 is 1.35 bits per heavy atom. The zero-order chi connectivity index (χ0) is 16.2. The minimum Gasteiger partial charge on any atom is -0.490 e. The number of benzene rings is 1. The highest BCUT2D eigenvalue weighted by Gasteiger charge is 2.24. The first-order chi connectivity index (χ1) is 11.2. The summed E-state index contributed by atoms with van der Waals surface area (Å²) in [5.74, 6) is 0.740. The van der Waals surface area contributed by atoms with Crippen LogP contribution in [-0.2, 0) is 4.74 Å². The maximum Gasteiger partial charge on any atom is 0.409 e. The van der Waals surface area contributed by atoms with Gasteiger partial charge in [-0.1, -0.05) is 11.6 Å². The Balaban J connectivity index is 1.63. The molecule has 1 aromatic heterocycles. The first kappa shape index (κ1) is 15.8. The second kappa shape index (κ2) is 7.00. The molecule has 0 radical (unpaired) electrons. The first-order valence-electron chi connectivity index (χ1n) is 7.66.